The van der Waals surface area contributed by atoms with Gasteiger partial charge in [0.05, 0.1) is 11.4 Å². The van der Waals surface area contributed by atoms with Crippen molar-refractivity contribution in [1.82, 2.24) is 9.97 Å². The second-order valence-electron chi connectivity index (χ2n) is 9.41. The van der Waals surface area contributed by atoms with E-state index < -0.39 is 5.91 Å². The van der Waals surface area contributed by atoms with Crippen LogP contribution in [-0.4, -0.2) is 28.3 Å². The predicted molar refractivity (Wildman–Crippen MR) is 150 cm³/mol. The van der Waals surface area contributed by atoms with E-state index in [2.05, 4.69) is 4.98 Å². The molecule has 0 radical (unpaired) electrons. The van der Waals surface area contributed by atoms with E-state index in [0.29, 0.717) is 29.7 Å². The van der Waals surface area contributed by atoms with E-state index in [0.717, 1.165) is 45.2 Å². The van der Waals surface area contributed by atoms with Gasteiger partial charge >= 0.3 is 0 Å². The molecule has 1 aromatic heterocycles. The number of hydrogen-bond acceptors (Lipinski definition) is 3. The van der Waals surface area contributed by atoms with Crippen LogP contribution in [0.3, 0.4) is 0 Å². The number of anilines is 1. The van der Waals surface area contributed by atoms with E-state index in [-0.39, 0.29) is 5.91 Å². The first-order chi connectivity index (χ1) is 18.5. The van der Waals surface area contributed by atoms with Gasteiger partial charge in [-0.15, -0.1) is 0 Å². The van der Waals surface area contributed by atoms with Crippen LogP contribution < -0.4 is 10.6 Å². The van der Waals surface area contributed by atoms with E-state index in [1.165, 1.54) is 0 Å². The molecule has 0 fully saturated rings. The van der Waals surface area contributed by atoms with Crippen molar-refractivity contribution in [1.29, 1.82) is 0 Å². The molecule has 1 aliphatic heterocycles. The van der Waals surface area contributed by atoms with Crippen molar-refractivity contribution in [2.45, 2.75) is 13.3 Å². The van der Waals surface area contributed by atoms with E-state index in [1.807, 2.05) is 85.8 Å². The van der Waals surface area contributed by atoms with Gasteiger partial charge in [-0.25, -0.2) is 4.98 Å². The van der Waals surface area contributed by atoms with E-state index in [1.54, 1.807) is 23.1 Å². The average molecular weight is 499 g/mol. The number of nitrogens with zero attached hydrogens (tertiary/aromatic N) is 2. The summed E-state index contributed by atoms with van der Waals surface area (Å²) < 4.78 is 0. The van der Waals surface area contributed by atoms with Gasteiger partial charge in [-0.1, -0.05) is 72.8 Å². The molecule has 6 heteroatoms. The zero-order valence-electron chi connectivity index (χ0n) is 20.9. The third kappa shape index (κ3) is 4.06. The number of rotatable bonds is 4. The van der Waals surface area contributed by atoms with Gasteiger partial charge in [0.2, 0.25) is 5.91 Å². The van der Waals surface area contributed by atoms with Crippen molar-refractivity contribution in [2.75, 3.05) is 11.4 Å². The van der Waals surface area contributed by atoms with E-state index in [9.17, 15) is 9.59 Å². The quantitative estimate of drug-likeness (QED) is 0.317. The molecule has 6 nitrogen and oxygen atoms in total. The Morgan fingerprint density at radius 1 is 0.816 bits per heavy atom. The number of aromatic nitrogens is 2. The van der Waals surface area contributed by atoms with Crippen molar-refractivity contribution in [3.63, 3.8) is 0 Å². The molecule has 4 aromatic carbocycles. The number of aromatic amines is 1. The summed E-state index contributed by atoms with van der Waals surface area (Å²) >= 11 is 0. The SMILES string of the molecule is Cc1nc2c([nH]1)CCN(C(=O)c1ccc(C(N)=O)c(-c3ccccc3-c3ccccc3)c1)c1ccccc1-2. The maximum Gasteiger partial charge on any atom is 0.258 e. The number of para-hydroxylation sites is 1. The van der Waals surface area contributed by atoms with Crippen molar-refractivity contribution < 1.29 is 9.59 Å². The molecule has 3 N–H and O–H groups in total. The summed E-state index contributed by atoms with van der Waals surface area (Å²) in [6.07, 6.45) is 0.652. The molecule has 0 aliphatic carbocycles. The number of fused-ring (bicyclic) bond motifs is 3. The van der Waals surface area contributed by atoms with Crippen LogP contribution in [-0.2, 0) is 6.42 Å². The molecular weight excluding hydrogens is 472 g/mol. The minimum atomic E-state index is -0.540. The lowest BCUT2D eigenvalue weighted by atomic mass is 9.90. The Hall–Kier alpha value is -4.97. The van der Waals surface area contributed by atoms with Crippen LogP contribution in [0.1, 0.15) is 32.2 Å². The lowest BCUT2D eigenvalue weighted by molar-refractivity contribution is 0.0981. The standard InChI is InChI=1S/C32H26N4O2/c1-20-34-28-17-18-36(29-14-8-7-13-26(29)30(28)35-20)32(38)22-15-16-25(31(33)37)27(19-22)24-12-6-5-11-23(24)21-9-3-2-4-10-21/h2-16,19H,17-18H2,1H3,(H2,33,37)(H,34,35). The summed E-state index contributed by atoms with van der Waals surface area (Å²) in [5.41, 5.74) is 13.7. The van der Waals surface area contributed by atoms with Crippen LogP contribution in [0.2, 0.25) is 0 Å². The van der Waals surface area contributed by atoms with Gasteiger partial charge < -0.3 is 15.6 Å². The first-order valence-corrected chi connectivity index (χ1v) is 12.6. The molecule has 2 amide bonds. The normalized spacial score (nSPS) is 12.4. The Morgan fingerprint density at radius 3 is 2.26 bits per heavy atom. The van der Waals surface area contributed by atoms with Crippen molar-refractivity contribution in [2.24, 2.45) is 5.73 Å². The van der Waals surface area contributed by atoms with Gasteiger partial charge in [0, 0.05) is 35.3 Å². The number of aryl methyl sites for hydroxylation is 1. The highest BCUT2D eigenvalue weighted by Gasteiger charge is 2.27. The van der Waals surface area contributed by atoms with Crippen molar-refractivity contribution in [3.8, 4) is 33.5 Å². The lowest BCUT2D eigenvalue weighted by Gasteiger charge is -2.23. The van der Waals surface area contributed by atoms with Crippen LogP contribution in [0.4, 0.5) is 5.69 Å². The fraction of sp³-hybridized carbons (Fsp3) is 0.0938. The van der Waals surface area contributed by atoms with Crippen LogP contribution in [0.15, 0.2) is 97.1 Å². The third-order valence-corrected chi connectivity index (χ3v) is 7.01. The maximum absolute atomic E-state index is 14.1. The molecule has 5 aromatic rings. The molecule has 186 valence electrons. The second kappa shape index (κ2) is 9.48. The van der Waals surface area contributed by atoms with Gasteiger partial charge in [0.25, 0.3) is 5.91 Å². The molecule has 1 aliphatic rings. The Morgan fingerprint density at radius 2 is 1.50 bits per heavy atom. The molecular formula is C32H26N4O2. The van der Waals surface area contributed by atoms with Crippen molar-refractivity contribution >= 4 is 17.5 Å². The molecule has 0 unspecified atom stereocenters. The van der Waals surface area contributed by atoms with Gasteiger partial charge in [0.15, 0.2) is 0 Å². The van der Waals surface area contributed by atoms with Crippen molar-refractivity contribution in [3.05, 3.63) is 120 Å². The predicted octanol–water partition coefficient (Wildman–Crippen LogP) is 6.02. The number of H-pyrrole nitrogens is 1. The average Bonchev–Trinajstić information content (AvgIpc) is 3.26. The maximum atomic E-state index is 14.1. The van der Waals surface area contributed by atoms with Gasteiger partial charge in [0.1, 0.15) is 5.82 Å². The fourth-order valence-electron chi connectivity index (χ4n) is 5.27. The molecule has 2 heterocycles. The highest BCUT2D eigenvalue weighted by Crippen LogP contribution is 2.38. The second-order valence-corrected chi connectivity index (χ2v) is 9.41. The Kier molecular flexibility index (Phi) is 5.85. The van der Waals surface area contributed by atoms with Gasteiger partial charge in [-0.05, 0) is 53.4 Å². The van der Waals surface area contributed by atoms with Crippen LogP contribution in [0.5, 0.6) is 0 Å². The smallest absolute Gasteiger partial charge is 0.258 e. The van der Waals surface area contributed by atoms with Crippen LogP contribution >= 0.6 is 0 Å². The summed E-state index contributed by atoms with van der Waals surface area (Å²) in [4.78, 5) is 36.4. The molecule has 0 spiro atoms. The number of carbonyl (C=O) groups excluding carboxylic acids is 2. The zero-order chi connectivity index (χ0) is 26.2. The summed E-state index contributed by atoms with van der Waals surface area (Å²) in [5.74, 6) is 0.170. The van der Waals surface area contributed by atoms with Crippen LogP contribution in [0.25, 0.3) is 33.5 Å². The Labute approximate surface area is 220 Å². The number of carbonyl (C=O) groups is 2. The summed E-state index contributed by atoms with van der Waals surface area (Å²) in [7, 11) is 0. The molecule has 0 bridgehead atoms. The number of hydrogen-bond donors (Lipinski definition) is 2. The molecule has 0 saturated heterocycles. The Bertz CT molecular complexity index is 1690. The highest BCUT2D eigenvalue weighted by atomic mass is 16.2. The molecule has 38 heavy (non-hydrogen) atoms. The Balaban J connectivity index is 1.47. The third-order valence-electron chi connectivity index (χ3n) is 7.01. The van der Waals surface area contributed by atoms with E-state index in [4.69, 9.17) is 10.7 Å². The zero-order valence-corrected chi connectivity index (χ0v) is 20.9. The number of benzene rings is 4. The molecule has 6 rings (SSSR count). The number of nitrogens with two attached hydrogens (primary N) is 1. The summed E-state index contributed by atoms with van der Waals surface area (Å²) in [6, 6.07) is 30.8. The number of amides is 2. The molecule has 0 saturated carbocycles. The highest BCUT2D eigenvalue weighted by molar-refractivity contribution is 6.11. The number of nitrogens with one attached hydrogen (secondary N) is 1. The minimum Gasteiger partial charge on any atom is -0.366 e. The monoisotopic (exact) mass is 498 g/mol. The minimum absolute atomic E-state index is 0.145. The lowest BCUT2D eigenvalue weighted by Crippen LogP contribution is -2.32. The van der Waals surface area contributed by atoms with E-state index >= 15 is 0 Å². The van der Waals surface area contributed by atoms with Crippen LogP contribution in [0, 0.1) is 6.92 Å². The first-order valence-electron chi connectivity index (χ1n) is 12.6. The number of primary amides is 1. The largest absolute Gasteiger partial charge is 0.366 e. The topological polar surface area (TPSA) is 92.1 Å². The first kappa shape index (κ1) is 23.4. The summed E-state index contributed by atoms with van der Waals surface area (Å²) in [5, 5.41) is 0. The summed E-state index contributed by atoms with van der Waals surface area (Å²) in [6.45, 7) is 2.44. The number of imidazole rings is 1. The van der Waals surface area contributed by atoms with Gasteiger partial charge in [-0.2, -0.15) is 0 Å². The molecule has 0 atom stereocenters. The van der Waals surface area contributed by atoms with Gasteiger partial charge in [-0.3, -0.25) is 9.59 Å². The fourth-order valence-corrected chi connectivity index (χ4v) is 5.27.